The average molecular weight is 226 g/mol. The molecular weight excluding hydrogens is 207 g/mol. The highest BCUT2D eigenvalue weighted by molar-refractivity contribution is 5.41. The topological polar surface area (TPSA) is 49.8 Å². The normalized spacial score (nSPS) is 12.2. The van der Waals surface area contributed by atoms with Gasteiger partial charge in [0.05, 0.1) is 6.20 Å². The van der Waals surface area contributed by atoms with E-state index in [4.69, 9.17) is 0 Å². The number of aromatic nitrogens is 2. The summed E-state index contributed by atoms with van der Waals surface area (Å²) < 4.78 is 13.4. The minimum atomic E-state index is -0.409. The van der Waals surface area contributed by atoms with Crippen molar-refractivity contribution < 1.29 is 4.39 Å². The first-order chi connectivity index (χ1) is 7.71. The molecule has 16 heavy (non-hydrogen) atoms. The van der Waals surface area contributed by atoms with Gasteiger partial charge < -0.3 is 10.6 Å². The van der Waals surface area contributed by atoms with Crippen LogP contribution in [-0.4, -0.2) is 23.1 Å². The van der Waals surface area contributed by atoms with Crippen LogP contribution >= 0.6 is 0 Å². The van der Waals surface area contributed by atoms with Crippen molar-refractivity contribution in [2.75, 3.05) is 17.7 Å². The van der Waals surface area contributed by atoms with E-state index in [0.717, 1.165) is 19.3 Å². The lowest BCUT2D eigenvalue weighted by atomic mass is 10.1. The second-order valence-electron chi connectivity index (χ2n) is 3.68. The van der Waals surface area contributed by atoms with Crippen molar-refractivity contribution in [1.82, 2.24) is 9.97 Å². The largest absolute Gasteiger partial charge is 0.365 e. The van der Waals surface area contributed by atoms with Crippen LogP contribution in [0.2, 0.25) is 0 Å². The fraction of sp³-hybridized carbons (Fsp3) is 0.636. The van der Waals surface area contributed by atoms with Gasteiger partial charge in [0, 0.05) is 13.1 Å². The standard InChI is InChI=1S/C11H19FN4/c1-4-6-8(5-2)15-10-9(12)7-14-11(13-3)16-10/h7-8H,4-6H2,1-3H3,(H2,13,14,15,16). The first-order valence-corrected chi connectivity index (χ1v) is 5.68. The fourth-order valence-corrected chi connectivity index (χ4v) is 1.51. The van der Waals surface area contributed by atoms with E-state index >= 15 is 0 Å². The molecule has 0 saturated carbocycles. The van der Waals surface area contributed by atoms with Crippen LogP contribution in [0, 0.1) is 5.82 Å². The van der Waals surface area contributed by atoms with Crippen LogP contribution in [0.3, 0.4) is 0 Å². The smallest absolute Gasteiger partial charge is 0.224 e. The summed E-state index contributed by atoms with van der Waals surface area (Å²) in [5.74, 6) is 0.295. The molecule has 90 valence electrons. The van der Waals surface area contributed by atoms with Crippen molar-refractivity contribution in [2.45, 2.75) is 39.2 Å². The molecule has 5 heteroatoms. The number of halogens is 1. The molecule has 1 aromatic heterocycles. The summed E-state index contributed by atoms with van der Waals surface area (Å²) in [4.78, 5) is 7.85. The molecule has 0 aliphatic rings. The monoisotopic (exact) mass is 226 g/mol. The van der Waals surface area contributed by atoms with Gasteiger partial charge in [-0.3, -0.25) is 0 Å². The van der Waals surface area contributed by atoms with Crippen LogP contribution in [0.15, 0.2) is 6.20 Å². The van der Waals surface area contributed by atoms with Crippen LogP contribution in [0.1, 0.15) is 33.1 Å². The summed E-state index contributed by atoms with van der Waals surface area (Å²) in [6.45, 7) is 4.19. The Morgan fingerprint density at radius 3 is 2.75 bits per heavy atom. The molecule has 1 unspecified atom stereocenters. The Morgan fingerprint density at radius 2 is 2.19 bits per heavy atom. The number of anilines is 2. The zero-order valence-electron chi connectivity index (χ0n) is 10.0. The van der Waals surface area contributed by atoms with Gasteiger partial charge in [0.25, 0.3) is 0 Å². The van der Waals surface area contributed by atoms with Gasteiger partial charge in [0.2, 0.25) is 5.95 Å². The quantitative estimate of drug-likeness (QED) is 0.783. The number of nitrogens with zero attached hydrogens (tertiary/aromatic N) is 2. The zero-order chi connectivity index (χ0) is 12.0. The number of hydrogen-bond donors (Lipinski definition) is 2. The molecule has 1 atom stereocenters. The van der Waals surface area contributed by atoms with E-state index in [1.807, 2.05) is 0 Å². The lowest BCUT2D eigenvalue weighted by Gasteiger charge is -2.17. The average Bonchev–Trinajstić information content (AvgIpc) is 2.31. The number of rotatable bonds is 6. The van der Waals surface area contributed by atoms with E-state index in [1.54, 1.807) is 7.05 Å². The highest BCUT2D eigenvalue weighted by atomic mass is 19.1. The Kier molecular flexibility index (Phi) is 4.95. The van der Waals surface area contributed by atoms with Gasteiger partial charge in [-0.15, -0.1) is 0 Å². The Morgan fingerprint density at radius 1 is 1.44 bits per heavy atom. The van der Waals surface area contributed by atoms with Crippen molar-refractivity contribution in [3.05, 3.63) is 12.0 Å². The Hall–Kier alpha value is -1.39. The van der Waals surface area contributed by atoms with E-state index in [-0.39, 0.29) is 11.9 Å². The maximum absolute atomic E-state index is 13.4. The van der Waals surface area contributed by atoms with E-state index < -0.39 is 5.82 Å². The third kappa shape index (κ3) is 3.32. The molecule has 0 aliphatic heterocycles. The molecule has 0 saturated heterocycles. The molecule has 0 fully saturated rings. The molecule has 0 amide bonds. The summed E-state index contributed by atoms with van der Waals surface area (Å²) in [6, 6.07) is 0.263. The lowest BCUT2D eigenvalue weighted by Crippen LogP contribution is -2.20. The minimum absolute atomic E-state index is 0.263. The van der Waals surface area contributed by atoms with Gasteiger partial charge in [-0.1, -0.05) is 20.3 Å². The van der Waals surface area contributed by atoms with E-state index in [2.05, 4.69) is 34.4 Å². The van der Waals surface area contributed by atoms with E-state index in [1.165, 1.54) is 6.20 Å². The summed E-state index contributed by atoms with van der Waals surface area (Å²) in [5.41, 5.74) is 0. The van der Waals surface area contributed by atoms with Gasteiger partial charge in [0.1, 0.15) is 0 Å². The van der Waals surface area contributed by atoms with E-state index in [9.17, 15) is 4.39 Å². The molecule has 1 rings (SSSR count). The molecule has 1 aromatic rings. The van der Waals surface area contributed by atoms with Crippen molar-refractivity contribution >= 4 is 11.8 Å². The molecule has 0 radical (unpaired) electrons. The predicted molar refractivity (Wildman–Crippen MR) is 64.1 cm³/mol. The van der Waals surface area contributed by atoms with Gasteiger partial charge in [-0.05, 0) is 12.8 Å². The molecule has 0 aliphatic carbocycles. The van der Waals surface area contributed by atoms with Gasteiger partial charge in [-0.2, -0.15) is 4.98 Å². The first kappa shape index (κ1) is 12.7. The molecular formula is C11H19FN4. The van der Waals surface area contributed by atoms with Crippen molar-refractivity contribution in [3.63, 3.8) is 0 Å². The molecule has 2 N–H and O–H groups in total. The number of hydrogen-bond acceptors (Lipinski definition) is 4. The van der Waals surface area contributed by atoms with Gasteiger partial charge >= 0.3 is 0 Å². The van der Waals surface area contributed by atoms with Crippen LogP contribution in [-0.2, 0) is 0 Å². The summed E-state index contributed by atoms with van der Waals surface area (Å²) in [6.07, 6.45) is 4.21. The molecule has 4 nitrogen and oxygen atoms in total. The summed E-state index contributed by atoms with van der Waals surface area (Å²) in [5, 5.41) is 5.90. The Balaban J connectivity index is 2.77. The molecule has 0 aromatic carbocycles. The van der Waals surface area contributed by atoms with Crippen LogP contribution in [0.5, 0.6) is 0 Å². The highest BCUT2D eigenvalue weighted by Gasteiger charge is 2.10. The molecule has 0 spiro atoms. The SMILES string of the molecule is CCCC(CC)Nc1nc(NC)ncc1F. The zero-order valence-corrected chi connectivity index (χ0v) is 10.0. The fourth-order valence-electron chi connectivity index (χ4n) is 1.51. The van der Waals surface area contributed by atoms with Crippen LogP contribution < -0.4 is 10.6 Å². The third-order valence-corrected chi connectivity index (χ3v) is 2.44. The molecule has 1 heterocycles. The van der Waals surface area contributed by atoms with Crippen molar-refractivity contribution in [2.24, 2.45) is 0 Å². The summed E-state index contributed by atoms with van der Waals surface area (Å²) in [7, 11) is 1.71. The maximum Gasteiger partial charge on any atom is 0.224 e. The maximum atomic E-state index is 13.4. The van der Waals surface area contributed by atoms with Crippen molar-refractivity contribution in [1.29, 1.82) is 0 Å². The first-order valence-electron chi connectivity index (χ1n) is 5.68. The second kappa shape index (κ2) is 6.25. The van der Waals surface area contributed by atoms with Crippen molar-refractivity contribution in [3.8, 4) is 0 Å². The number of nitrogens with one attached hydrogen (secondary N) is 2. The summed E-state index contributed by atoms with van der Waals surface area (Å²) >= 11 is 0. The van der Waals surface area contributed by atoms with Gasteiger partial charge in [0.15, 0.2) is 11.6 Å². The minimum Gasteiger partial charge on any atom is -0.365 e. The Labute approximate surface area is 95.7 Å². The lowest BCUT2D eigenvalue weighted by molar-refractivity contribution is 0.589. The molecule has 0 bridgehead atoms. The van der Waals surface area contributed by atoms with E-state index in [0.29, 0.717) is 5.95 Å². The van der Waals surface area contributed by atoms with Crippen LogP contribution in [0.4, 0.5) is 16.2 Å². The highest BCUT2D eigenvalue weighted by Crippen LogP contribution is 2.15. The Bertz CT molecular complexity index is 330. The predicted octanol–water partition coefficient (Wildman–Crippen LogP) is 2.65. The third-order valence-electron chi connectivity index (χ3n) is 2.44. The van der Waals surface area contributed by atoms with Crippen LogP contribution in [0.25, 0.3) is 0 Å². The second-order valence-corrected chi connectivity index (χ2v) is 3.68. The van der Waals surface area contributed by atoms with Gasteiger partial charge in [-0.25, -0.2) is 9.37 Å².